The van der Waals surface area contributed by atoms with Crippen molar-refractivity contribution in [1.29, 1.82) is 0 Å². The van der Waals surface area contributed by atoms with E-state index in [1.165, 1.54) is 0 Å². The van der Waals surface area contributed by atoms with Gasteiger partial charge in [-0.15, -0.1) is 0 Å². The summed E-state index contributed by atoms with van der Waals surface area (Å²) in [5.41, 5.74) is 5.42. The van der Waals surface area contributed by atoms with Crippen LogP contribution in [0.5, 0.6) is 11.5 Å². The number of hydrogen-bond acceptors (Lipinski definition) is 4. The smallest absolute Gasteiger partial charge is 0.325 e. The van der Waals surface area contributed by atoms with Crippen molar-refractivity contribution in [2.75, 3.05) is 33.9 Å². The van der Waals surface area contributed by atoms with Crippen molar-refractivity contribution in [2.24, 2.45) is 0 Å². The topological polar surface area (TPSA) is 78.1 Å². The van der Waals surface area contributed by atoms with Crippen molar-refractivity contribution < 1.29 is 19.1 Å². The van der Waals surface area contributed by atoms with Gasteiger partial charge >= 0.3 is 6.03 Å². The summed E-state index contributed by atoms with van der Waals surface area (Å²) in [4.78, 5) is 36.0. The number of rotatable bonds is 4. The van der Waals surface area contributed by atoms with Gasteiger partial charge < -0.3 is 24.3 Å². The average molecular weight is 479 g/mol. The fourth-order valence-corrected chi connectivity index (χ4v) is 6.15. The molecule has 1 N–H and O–H groups in total. The van der Waals surface area contributed by atoms with Crippen molar-refractivity contribution >= 4 is 11.9 Å². The Balaban J connectivity index is 1.45. The van der Waals surface area contributed by atoms with Gasteiger partial charge in [0.05, 0.1) is 31.9 Å². The number of aromatic amines is 1. The molecule has 5 rings (SSSR count). The first-order valence-corrected chi connectivity index (χ1v) is 12.3. The van der Waals surface area contributed by atoms with Gasteiger partial charge in [-0.1, -0.05) is 6.08 Å². The van der Waals surface area contributed by atoms with E-state index < -0.39 is 5.54 Å². The van der Waals surface area contributed by atoms with Crippen LogP contribution < -0.4 is 9.47 Å². The Kier molecular flexibility index (Phi) is 5.77. The predicted molar refractivity (Wildman–Crippen MR) is 133 cm³/mol. The zero-order valence-corrected chi connectivity index (χ0v) is 21.2. The number of nitrogens with one attached hydrogen (secondary N) is 1. The van der Waals surface area contributed by atoms with E-state index in [1.54, 1.807) is 14.2 Å². The third-order valence-corrected chi connectivity index (χ3v) is 7.88. The normalized spacial score (nSPS) is 18.8. The number of nitrogens with zero attached hydrogens (tertiary/aromatic N) is 3. The fourth-order valence-electron chi connectivity index (χ4n) is 6.15. The Hall–Kier alpha value is -3.42. The molecule has 35 heavy (non-hydrogen) atoms. The molecule has 0 unspecified atom stereocenters. The molecule has 3 aliphatic rings. The van der Waals surface area contributed by atoms with E-state index in [2.05, 4.69) is 11.1 Å². The number of likely N-dealkylation sites (tertiary alicyclic amines) is 1. The third-order valence-electron chi connectivity index (χ3n) is 7.88. The van der Waals surface area contributed by atoms with Gasteiger partial charge in [-0.2, -0.15) is 0 Å². The van der Waals surface area contributed by atoms with E-state index in [0.29, 0.717) is 32.6 Å². The van der Waals surface area contributed by atoms with Gasteiger partial charge in [-0.05, 0) is 57.7 Å². The molecule has 1 spiro atoms. The molecule has 8 nitrogen and oxygen atoms in total. The van der Waals surface area contributed by atoms with E-state index in [0.717, 1.165) is 58.1 Å². The molecule has 8 heteroatoms. The lowest BCUT2D eigenvalue weighted by Gasteiger charge is -2.44. The third kappa shape index (κ3) is 3.58. The first-order chi connectivity index (χ1) is 16.8. The lowest BCUT2D eigenvalue weighted by molar-refractivity contribution is 0.0575. The quantitative estimate of drug-likeness (QED) is 0.720. The maximum Gasteiger partial charge on any atom is 0.325 e. The highest BCUT2D eigenvalue weighted by atomic mass is 16.5. The number of ether oxygens (including phenoxy) is 2. The number of carbonyl (C=O) groups is 2. The molecule has 0 saturated carbocycles. The molecule has 0 aliphatic carbocycles. The number of aryl methyl sites for hydroxylation is 2. The number of benzene rings is 1. The lowest BCUT2D eigenvalue weighted by Crippen LogP contribution is -2.54. The summed E-state index contributed by atoms with van der Waals surface area (Å²) in [5, 5.41) is 0. The molecular weight excluding hydrogens is 444 g/mol. The molecule has 186 valence electrons. The minimum absolute atomic E-state index is 0.0327. The molecular formula is C27H34N4O4. The Bertz CT molecular complexity index is 1210. The van der Waals surface area contributed by atoms with Gasteiger partial charge in [0.15, 0.2) is 0 Å². The van der Waals surface area contributed by atoms with Crippen molar-refractivity contribution in [3.05, 3.63) is 58.1 Å². The number of H-pyrrole nitrogens is 1. The van der Waals surface area contributed by atoms with Gasteiger partial charge in [0.2, 0.25) is 0 Å². The number of piperidine rings is 1. The molecule has 2 saturated heterocycles. The van der Waals surface area contributed by atoms with Crippen LogP contribution in [0.1, 0.15) is 52.6 Å². The number of likely N-dealkylation sites (N-methyl/N-ethyl adjacent to an activating group) is 1. The predicted octanol–water partition coefficient (Wildman–Crippen LogP) is 4.02. The molecule has 0 atom stereocenters. The second-order valence-corrected chi connectivity index (χ2v) is 9.69. The van der Waals surface area contributed by atoms with E-state index in [9.17, 15) is 9.59 Å². The Morgan fingerprint density at radius 1 is 1.11 bits per heavy atom. The van der Waals surface area contributed by atoms with Crippen LogP contribution in [0.3, 0.4) is 0 Å². The Labute approximate surface area is 206 Å². The number of allylic oxidation sites excluding steroid dienone is 1. The molecule has 0 radical (unpaired) electrons. The highest BCUT2D eigenvalue weighted by Crippen LogP contribution is 2.46. The maximum absolute atomic E-state index is 13.7. The second kappa shape index (κ2) is 8.66. The number of methoxy groups -OCH3 is 2. The van der Waals surface area contributed by atoms with Crippen molar-refractivity contribution in [2.45, 2.75) is 52.1 Å². The largest absolute Gasteiger partial charge is 0.497 e. The summed E-state index contributed by atoms with van der Waals surface area (Å²) >= 11 is 0. The second-order valence-electron chi connectivity index (χ2n) is 9.69. The van der Waals surface area contributed by atoms with Gasteiger partial charge in [-0.3, -0.25) is 9.69 Å². The minimum atomic E-state index is -0.398. The number of hydrogen-bond donors (Lipinski definition) is 1. The fraction of sp³-hybridized carbons (Fsp3) is 0.481. The van der Waals surface area contributed by atoms with Crippen LogP contribution >= 0.6 is 0 Å². The number of urea groups is 1. The van der Waals surface area contributed by atoms with Gasteiger partial charge in [0.25, 0.3) is 5.91 Å². The monoisotopic (exact) mass is 478 g/mol. The molecule has 2 fully saturated rings. The van der Waals surface area contributed by atoms with Crippen molar-refractivity contribution in [1.82, 2.24) is 19.7 Å². The first-order valence-electron chi connectivity index (χ1n) is 12.3. The SMILES string of the molecule is CCN1C(=O)N2Cc3cc(OC)cc(OC)c3CC=C2C12CCN(C(=O)c1cc(C)[nH]c1C)CC2. The van der Waals surface area contributed by atoms with Crippen molar-refractivity contribution in [3.63, 3.8) is 0 Å². The summed E-state index contributed by atoms with van der Waals surface area (Å²) < 4.78 is 11.1. The van der Waals surface area contributed by atoms with Crippen LogP contribution in [0.25, 0.3) is 0 Å². The molecule has 0 bridgehead atoms. The minimum Gasteiger partial charge on any atom is -0.497 e. The van der Waals surface area contributed by atoms with E-state index in [1.807, 2.05) is 53.7 Å². The molecule has 3 amide bonds. The number of aromatic nitrogens is 1. The number of fused-ring (bicyclic) bond motifs is 3. The summed E-state index contributed by atoms with van der Waals surface area (Å²) in [5.74, 6) is 1.56. The van der Waals surface area contributed by atoms with E-state index in [-0.39, 0.29) is 11.9 Å². The van der Waals surface area contributed by atoms with Crippen LogP contribution in [0.4, 0.5) is 4.79 Å². The molecule has 4 heterocycles. The molecule has 2 aromatic rings. The van der Waals surface area contributed by atoms with Gasteiger partial charge in [-0.25, -0.2) is 4.79 Å². The standard InChI is InChI=1S/C27H34N4O4/c1-6-31-26(33)30-16-19-14-20(34-4)15-23(35-5)21(19)7-8-24(30)27(31)9-11-29(12-10-27)25(32)22-13-17(2)28-18(22)3/h8,13-15,28H,6-7,9-12,16H2,1-5H3. The van der Waals surface area contributed by atoms with Gasteiger partial charge in [0, 0.05) is 48.3 Å². The highest BCUT2D eigenvalue weighted by Gasteiger charge is 2.54. The molecule has 3 aliphatic heterocycles. The van der Waals surface area contributed by atoms with Crippen molar-refractivity contribution in [3.8, 4) is 11.5 Å². The molecule has 1 aromatic heterocycles. The summed E-state index contributed by atoms with van der Waals surface area (Å²) in [6, 6.07) is 5.86. The Morgan fingerprint density at radius 3 is 2.46 bits per heavy atom. The lowest BCUT2D eigenvalue weighted by atomic mass is 9.83. The van der Waals surface area contributed by atoms with Crippen LogP contribution in [0.2, 0.25) is 0 Å². The van der Waals surface area contributed by atoms with Crippen LogP contribution in [-0.2, 0) is 13.0 Å². The number of amides is 3. The number of carbonyl (C=O) groups excluding carboxylic acids is 2. The van der Waals surface area contributed by atoms with E-state index in [4.69, 9.17) is 9.47 Å². The highest BCUT2D eigenvalue weighted by molar-refractivity contribution is 5.95. The van der Waals surface area contributed by atoms with E-state index >= 15 is 0 Å². The Morgan fingerprint density at radius 2 is 1.86 bits per heavy atom. The van der Waals surface area contributed by atoms with Gasteiger partial charge in [0.1, 0.15) is 11.5 Å². The molecule has 1 aromatic carbocycles. The van der Waals surface area contributed by atoms with Crippen LogP contribution in [0.15, 0.2) is 30.0 Å². The summed E-state index contributed by atoms with van der Waals surface area (Å²) in [6.45, 7) is 8.28. The first kappa shape index (κ1) is 23.3. The van der Waals surface area contributed by atoms with Crippen LogP contribution in [-0.4, -0.2) is 71.0 Å². The zero-order chi connectivity index (χ0) is 24.9. The van der Waals surface area contributed by atoms with Crippen LogP contribution in [0, 0.1) is 13.8 Å². The maximum atomic E-state index is 13.7. The summed E-state index contributed by atoms with van der Waals surface area (Å²) in [7, 11) is 3.31. The average Bonchev–Trinajstić information content (AvgIpc) is 3.20. The summed E-state index contributed by atoms with van der Waals surface area (Å²) in [6.07, 6.45) is 4.33. The zero-order valence-electron chi connectivity index (χ0n) is 21.2.